The third-order valence-electron chi connectivity index (χ3n) is 3.08. The summed E-state index contributed by atoms with van der Waals surface area (Å²) in [5, 5.41) is 14.3. The minimum absolute atomic E-state index is 0.0167. The molecule has 0 spiro atoms. The van der Waals surface area contributed by atoms with Crippen LogP contribution in [0.1, 0.15) is 0 Å². The summed E-state index contributed by atoms with van der Waals surface area (Å²) in [4.78, 5) is 18.5. The average Bonchev–Trinajstić information content (AvgIpc) is 2.50. The van der Waals surface area contributed by atoms with E-state index in [0.29, 0.717) is 22.4 Å². The fourth-order valence-electron chi connectivity index (χ4n) is 2.02. The van der Waals surface area contributed by atoms with Crippen LogP contribution in [0.15, 0.2) is 36.7 Å². The number of fused-ring (bicyclic) bond motifs is 1. The Bertz CT molecular complexity index is 936. The van der Waals surface area contributed by atoms with Crippen LogP contribution >= 0.6 is 23.2 Å². The van der Waals surface area contributed by atoms with Gasteiger partial charge < -0.3 is 5.32 Å². The van der Waals surface area contributed by atoms with Crippen LogP contribution in [0.5, 0.6) is 0 Å². The first-order valence-corrected chi connectivity index (χ1v) is 7.02. The molecule has 0 amide bonds. The molecule has 1 heterocycles. The summed E-state index contributed by atoms with van der Waals surface area (Å²) in [6, 6.07) is 6.73. The lowest BCUT2D eigenvalue weighted by Crippen LogP contribution is -1.98. The van der Waals surface area contributed by atoms with Gasteiger partial charge in [0.2, 0.25) is 0 Å². The number of hydrogen-bond donors (Lipinski definition) is 1. The zero-order valence-electron chi connectivity index (χ0n) is 11.3. The van der Waals surface area contributed by atoms with Crippen LogP contribution in [0, 0.1) is 15.9 Å². The van der Waals surface area contributed by atoms with Crippen molar-refractivity contribution in [3.63, 3.8) is 0 Å². The van der Waals surface area contributed by atoms with Gasteiger partial charge in [0.1, 0.15) is 23.0 Å². The van der Waals surface area contributed by atoms with Gasteiger partial charge in [-0.15, -0.1) is 0 Å². The van der Waals surface area contributed by atoms with Gasteiger partial charge >= 0.3 is 0 Å². The van der Waals surface area contributed by atoms with E-state index in [1.807, 2.05) is 0 Å². The Hall–Kier alpha value is -2.51. The van der Waals surface area contributed by atoms with Crippen molar-refractivity contribution >= 4 is 51.3 Å². The number of nitrogens with zero attached hydrogens (tertiary/aromatic N) is 3. The molecule has 23 heavy (non-hydrogen) atoms. The maximum Gasteiger partial charge on any atom is 0.288 e. The maximum absolute atomic E-state index is 13.2. The van der Waals surface area contributed by atoms with E-state index in [4.69, 9.17) is 23.2 Å². The van der Waals surface area contributed by atoms with Gasteiger partial charge in [0.05, 0.1) is 15.5 Å². The first-order chi connectivity index (χ1) is 11.0. The number of nitro benzene ring substituents is 1. The molecule has 0 fully saturated rings. The van der Waals surface area contributed by atoms with Gasteiger partial charge in [-0.3, -0.25) is 10.1 Å². The Balaban J connectivity index is 2.11. The van der Waals surface area contributed by atoms with Crippen LogP contribution in [-0.4, -0.2) is 14.9 Å². The second-order valence-corrected chi connectivity index (χ2v) is 5.37. The molecule has 0 bridgehead atoms. The number of benzene rings is 2. The number of rotatable bonds is 3. The molecule has 1 N–H and O–H groups in total. The van der Waals surface area contributed by atoms with E-state index < -0.39 is 10.7 Å². The molecule has 0 atom stereocenters. The number of hydrogen-bond acceptors (Lipinski definition) is 5. The van der Waals surface area contributed by atoms with Gasteiger partial charge in [-0.05, 0) is 24.3 Å². The van der Waals surface area contributed by atoms with Crippen molar-refractivity contribution in [2.45, 2.75) is 0 Å². The topological polar surface area (TPSA) is 81.0 Å². The van der Waals surface area contributed by atoms with Gasteiger partial charge in [0, 0.05) is 17.1 Å². The number of nitrogens with one attached hydrogen (secondary N) is 1. The molecule has 0 saturated carbocycles. The molecule has 116 valence electrons. The summed E-state index contributed by atoms with van der Waals surface area (Å²) < 4.78 is 13.2. The Labute approximate surface area is 139 Å². The molecule has 2 aromatic carbocycles. The fraction of sp³-hybridized carbons (Fsp3) is 0. The predicted octanol–water partition coefficient (Wildman–Crippen LogP) is 4.73. The van der Waals surface area contributed by atoms with Gasteiger partial charge in [-0.1, -0.05) is 23.2 Å². The Kier molecular flexibility index (Phi) is 3.97. The smallest absolute Gasteiger partial charge is 0.288 e. The second kappa shape index (κ2) is 5.94. The predicted molar refractivity (Wildman–Crippen MR) is 85.9 cm³/mol. The normalized spacial score (nSPS) is 10.7. The van der Waals surface area contributed by atoms with Gasteiger partial charge in [0.15, 0.2) is 0 Å². The molecule has 0 saturated heterocycles. The van der Waals surface area contributed by atoms with Crippen LogP contribution in [0.2, 0.25) is 10.0 Å². The van der Waals surface area contributed by atoms with Crippen molar-refractivity contribution in [2.75, 3.05) is 5.32 Å². The zero-order valence-corrected chi connectivity index (χ0v) is 12.8. The van der Waals surface area contributed by atoms with E-state index in [-0.39, 0.29) is 15.7 Å². The number of aromatic nitrogens is 2. The van der Waals surface area contributed by atoms with E-state index in [9.17, 15) is 14.5 Å². The molecule has 9 heteroatoms. The highest BCUT2D eigenvalue weighted by atomic mass is 35.5. The van der Waals surface area contributed by atoms with Crippen molar-refractivity contribution in [1.29, 1.82) is 0 Å². The molecule has 0 aliphatic heterocycles. The summed E-state index contributed by atoms with van der Waals surface area (Å²) in [5.41, 5.74) is 0.662. The first kappa shape index (κ1) is 15.4. The van der Waals surface area contributed by atoms with E-state index in [0.717, 1.165) is 0 Å². The van der Waals surface area contributed by atoms with Crippen LogP contribution in [0.25, 0.3) is 10.9 Å². The van der Waals surface area contributed by atoms with Crippen LogP contribution < -0.4 is 5.32 Å². The molecule has 0 unspecified atom stereocenters. The quantitative estimate of drug-likeness (QED) is 0.544. The van der Waals surface area contributed by atoms with Gasteiger partial charge in [-0.2, -0.15) is 0 Å². The summed E-state index contributed by atoms with van der Waals surface area (Å²) in [7, 11) is 0. The number of anilines is 2. The summed E-state index contributed by atoms with van der Waals surface area (Å²) in [5.74, 6) is -0.232. The lowest BCUT2D eigenvalue weighted by Gasteiger charge is -2.09. The van der Waals surface area contributed by atoms with E-state index in [1.54, 1.807) is 0 Å². The second-order valence-electron chi connectivity index (χ2n) is 4.55. The summed E-state index contributed by atoms with van der Waals surface area (Å²) in [6.45, 7) is 0. The highest BCUT2D eigenvalue weighted by Gasteiger charge is 2.16. The Morgan fingerprint density at radius 1 is 1.13 bits per heavy atom. The molecule has 1 aromatic heterocycles. The SMILES string of the molecule is O=[N+]([O-])c1cc2c(Nc3ccc(F)c(Cl)c3)ncnc2cc1Cl. The van der Waals surface area contributed by atoms with Crippen molar-refractivity contribution in [2.24, 2.45) is 0 Å². The van der Waals surface area contributed by atoms with Gasteiger partial charge in [-0.25, -0.2) is 14.4 Å². The fourth-order valence-corrected chi connectivity index (χ4v) is 2.42. The lowest BCUT2D eigenvalue weighted by molar-refractivity contribution is -0.384. The monoisotopic (exact) mass is 352 g/mol. The van der Waals surface area contributed by atoms with E-state index in [1.165, 1.54) is 36.7 Å². The van der Waals surface area contributed by atoms with Crippen molar-refractivity contribution in [3.8, 4) is 0 Å². The molecular weight excluding hydrogens is 346 g/mol. The summed E-state index contributed by atoms with van der Waals surface area (Å²) >= 11 is 11.6. The van der Waals surface area contributed by atoms with Crippen molar-refractivity contribution in [1.82, 2.24) is 9.97 Å². The van der Waals surface area contributed by atoms with E-state index >= 15 is 0 Å². The Morgan fingerprint density at radius 3 is 2.61 bits per heavy atom. The van der Waals surface area contributed by atoms with Gasteiger partial charge in [0.25, 0.3) is 5.69 Å². The molecule has 6 nitrogen and oxygen atoms in total. The molecule has 0 aliphatic carbocycles. The van der Waals surface area contributed by atoms with Crippen LogP contribution in [-0.2, 0) is 0 Å². The number of halogens is 3. The molecular formula is C14H7Cl2FN4O2. The third-order valence-corrected chi connectivity index (χ3v) is 3.68. The molecule has 3 rings (SSSR count). The minimum Gasteiger partial charge on any atom is -0.340 e. The summed E-state index contributed by atoms with van der Waals surface area (Å²) in [6.07, 6.45) is 1.29. The zero-order chi connectivity index (χ0) is 16.6. The molecule has 0 radical (unpaired) electrons. The van der Waals surface area contributed by atoms with Crippen molar-refractivity contribution in [3.05, 3.63) is 62.6 Å². The highest BCUT2D eigenvalue weighted by molar-refractivity contribution is 6.33. The third kappa shape index (κ3) is 3.01. The average molecular weight is 353 g/mol. The number of nitro groups is 1. The maximum atomic E-state index is 13.2. The largest absolute Gasteiger partial charge is 0.340 e. The lowest BCUT2D eigenvalue weighted by atomic mass is 10.2. The van der Waals surface area contributed by atoms with Crippen molar-refractivity contribution < 1.29 is 9.31 Å². The highest BCUT2D eigenvalue weighted by Crippen LogP contribution is 2.32. The van der Waals surface area contributed by atoms with Crippen LogP contribution in [0.3, 0.4) is 0 Å². The molecule has 0 aliphatic rings. The standard InChI is InChI=1S/C14H7Cl2FN4O2/c15-9-3-7(1-2-11(9)17)20-14-8-4-13(21(22)23)10(16)5-12(8)18-6-19-14/h1-6H,(H,18,19,20). The van der Waals surface area contributed by atoms with Crippen LogP contribution in [0.4, 0.5) is 21.6 Å². The first-order valence-electron chi connectivity index (χ1n) is 6.26. The van der Waals surface area contributed by atoms with E-state index in [2.05, 4.69) is 15.3 Å². The molecule has 3 aromatic rings. The minimum atomic E-state index is -0.590. The Morgan fingerprint density at radius 2 is 1.91 bits per heavy atom.